The largest absolute Gasteiger partial charge is 0.469 e. The zero-order valence-corrected chi connectivity index (χ0v) is 14.0. The lowest BCUT2D eigenvalue weighted by atomic mass is 9.44. The van der Waals surface area contributed by atoms with Crippen molar-refractivity contribution in [2.24, 2.45) is 22.7 Å². The van der Waals surface area contributed by atoms with E-state index in [0.717, 1.165) is 38.7 Å². The molecule has 0 aromatic carbocycles. The lowest BCUT2D eigenvalue weighted by Gasteiger charge is -2.63. The first-order valence-corrected chi connectivity index (χ1v) is 8.59. The number of carbonyl (C=O) groups excluding carboxylic acids is 1. The fourth-order valence-corrected chi connectivity index (χ4v) is 6.16. The number of ether oxygens (including phenoxy) is 2. The zero-order chi connectivity index (χ0) is 15.3. The number of carbonyl (C=O) groups is 1. The summed E-state index contributed by atoms with van der Waals surface area (Å²) in [4.78, 5) is 12.5. The minimum Gasteiger partial charge on any atom is -0.469 e. The van der Waals surface area contributed by atoms with Gasteiger partial charge in [0.15, 0.2) is 0 Å². The van der Waals surface area contributed by atoms with Crippen LogP contribution in [0, 0.1) is 22.7 Å². The number of methoxy groups -OCH3 is 1. The molecule has 0 amide bonds. The summed E-state index contributed by atoms with van der Waals surface area (Å²) >= 11 is 0. The maximum atomic E-state index is 12.5. The Hall–Kier alpha value is -0.570. The van der Waals surface area contributed by atoms with Gasteiger partial charge >= 0.3 is 5.97 Å². The lowest BCUT2D eigenvalue weighted by molar-refractivity contribution is -0.220. The van der Waals surface area contributed by atoms with Crippen molar-refractivity contribution in [3.05, 3.63) is 0 Å². The van der Waals surface area contributed by atoms with Gasteiger partial charge in [-0.2, -0.15) is 0 Å². The normalized spacial score (nSPS) is 49.9. The van der Waals surface area contributed by atoms with Gasteiger partial charge < -0.3 is 9.47 Å². The van der Waals surface area contributed by atoms with Crippen molar-refractivity contribution in [1.82, 2.24) is 0 Å². The minimum atomic E-state index is -0.305. The molecule has 21 heavy (non-hydrogen) atoms. The number of fused-ring (bicyclic) bond motifs is 3. The molecule has 0 radical (unpaired) electrons. The van der Waals surface area contributed by atoms with Crippen LogP contribution in [-0.2, 0) is 14.3 Å². The van der Waals surface area contributed by atoms with Crippen LogP contribution >= 0.6 is 0 Å². The molecule has 120 valence electrons. The van der Waals surface area contributed by atoms with Crippen LogP contribution in [0.25, 0.3) is 0 Å². The fourth-order valence-electron chi connectivity index (χ4n) is 6.16. The average Bonchev–Trinajstić information content (AvgIpc) is 2.45. The van der Waals surface area contributed by atoms with Crippen molar-refractivity contribution < 1.29 is 14.3 Å². The summed E-state index contributed by atoms with van der Waals surface area (Å²) in [5.41, 5.74) is -0.0625. The molecular weight excluding hydrogens is 264 g/mol. The van der Waals surface area contributed by atoms with Crippen molar-refractivity contribution in [2.45, 2.75) is 71.3 Å². The smallest absolute Gasteiger partial charge is 0.311 e. The second-order valence-electron chi connectivity index (χ2n) is 8.22. The molecule has 0 unspecified atom stereocenters. The molecule has 0 aromatic heterocycles. The molecule has 0 spiro atoms. The average molecular weight is 294 g/mol. The second kappa shape index (κ2) is 4.97. The Kier molecular flexibility index (Phi) is 3.63. The lowest BCUT2D eigenvalue weighted by Crippen LogP contribution is -2.61. The van der Waals surface area contributed by atoms with Crippen LogP contribution in [0.15, 0.2) is 0 Å². The predicted octanol–water partition coefficient (Wildman–Crippen LogP) is 3.95. The molecule has 0 N–H and O–H groups in total. The van der Waals surface area contributed by atoms with E-state index < -0.39 is 0 Å². The molecule has 0 aromatic rings. The maximum absolute atomic E-state index is 12.5. The van der Waals surface area contributed by atoms with E-state index in [9.17, 15) is 4.79 Å². The van der Waals surface area contributed by atoms with Crippen LogP contribution in [0.3, 0.4) is 0 Å². The van der Waals surface area contributed by atoms with Crippen LogP contribution < -0.4 is 0 Å². The fraction of sp³-hybridized carbons (Fsp3) is 0.944. The van der Waals surface area contributed by atoms with Gasteiger partial charge in [0.25, 0.3) is 0 Å². The van der Waals surface area contributed by atoms with E-state index in [1.54, 1.807) is 0 Å². The molecule has 3 nitrogen and oxygen atoms in total. The first kappa shape index (κ1) is 15.3. The molecule has 1 aliphatic heterocycles. The molecule has 3 fully saturated rings. The molecule has 3 heteroatoms. The Morgan fingerprint density at radius 2 is 1.81 bits per heavy atom. The molecule has 1 saturated heterocycles. The van der Waals surface area contributed by atoms with E-state index >= 15 is 0 Å². The Morgan fingerprint density at radius 1 is 1.05 bits per heavy atom. The SMILES string of the molecule is COC(=O)[C@]1(C)CCC[C@@]2(C)[C@@H]3CCCO[C@]3(C)CC[C@@H]21. The van der Waals surface area contributed by atoms with E-state index in [1.807, 2.05) is 0 Å². The molecule has 1 heterocycles. The Bertz CT molecular complexity index is 434. The van der Waals surface area contributed by atoms with Gasteiger partial charge in [-0.15, -0.1) is 0 Å². The molecule has 0 bridgehead atoms. The summed E-state index contributed by atoms with van der Waals surface area (Å²) in [6, 6.07) is 0. The van der Waals surface area contributed by atoms with E-state index in [0.29, 0.717) is 11.8 Å². The van der Waals surface area contributed by atoms with E-state index in [4.69, 9.17) is 9.47 Å². The Morgan fingerprint density at radius 3 is 2.52 bits per heavy atom. The van der Waals surface area contributed by atoms with Crippen LogP contribution in [0.5, 0.6) is 0 Å². The van der Waals surface area contributed by atoms with Crippen LogP contribution in [0.1, 0.15) is 65.7 Å². The minimum absolute atomic E-state index is 0.00115. The van der Waals surface area contributed by atoms with Gasteiger partial charge in [0.05, 0.1) is 18.1 Å². The standard InChI is InChI=1S/C18H30O3/c1-16-9-6-10-17(2,15(19)20-4)13(16)8-11-18(3)14(16)7-5-12-21-18/h13-14H,5-12H2,1-4H3/t13-,14-,16+,17+,18+/m0/s1. The Balaban J connectivity index is 1.98. The first-order chi connectivity index (χ1) is 9.87. The van der Waals surface area contributed by atoms with E-state index in [1.165, 1.54) is 20.0 Å². The molecule has 2 aliphatic carbocycles. The van der Waals surface area contributed by atoms with Gasteiger partial charge in [-0.1, -0.05) is 13.3 Å². The predicted molar refractivity (Wildman–Crippen MR) is 81.9 cm³/mol. The highest BCUT2D eigenvalue weighted by atomic mass is 16.5. The number of rotatable bonds is 1. The quantitative estimate of drug-likeness (QED) is 0.687. The van der Waals surface area contributed by atoms with Crippen molar-refractivity contribution in [2.75, 3.05) is 13.7 Å². The number of hydrogen-bond donors (Lipinski definition) is 0. The van der Waals surface area contributed by atoms with Crippen LogP contribution in [-0.4, -0.2) is 25.3 Å². The monoisotopic (exact) mass is 294 g/mol. The van der Waals surface area contributed by atoms with E-state index in [2.05, 4.69) is 20.8 Å². The van der Waals surface area contributed by atoms with Crippen molar-refractivity contribution in [1.29, 1.82) is 0 Å². The number of hydrogen-bond acceptors (Lipinski definition) is 3. The zero-order valence-electron chi connectivity index (χ0n) is 14.0. The highest BCUT2D eigenvalue weighted by molar-refractivity contribution is 5.77. The van der Waals surface area contributed by atoms with Crippen molar-refractivity contribution in [3.63, 3.8) is 0 Å². The third-order valence-corrected chi connectivity index (χ3v) is 7.16. The van der Waals surface area contributed by atoms with E-state index in [-0.39, 0.29) is 22.4 Å². The van der Waals surface area contributed by atoms with Gasteiger partial charge in [0, 0.05) is 6.61 Å². The number of esters is 1. The third-order valence-electron chi connectivity index (χ3n) is 7.16. The topological polar surface area (TPSA) is 35.5 Å². The molecule has 3 aliphatic rings. The van der Waals surface area contributed by atoms with Gasteiger partial charge in [-0.25, -0.2) is 0 Å². The van der Waals surface area contributed by atoms with Gasteiger partial charge in [-0.3, -0.25) is 4.79 Å². The first-order valence-electron chi connectivity index (χ1n) is 8.59. The second-order valence-corrected chi connectivity index (χ2v) is 8.22. The molecular formula is C18H30O3. The summed E-state index contributed by atoms with van der Waals surface area (Å²) in [5.74, 6) is 1.02. The van der Waals surface area contributed by atoms with Crippen molar-refractivity contribution >= 4 is 5.97 Å². The van der Waals surface area contributed by atoms with Crippen LogP contribution in [0.4, 0.5) is 0 Å². The maximum Gasteiger partial charge on any atom is 0.311 e. The van der Waals surface area contributed by atoms with Crippen molar-refractivity contribution in [3.8, 4) is 0 Å². The highest BCUT2D eigenvalue weighted by Crippen LogP contribution is 2.64. The molecule has 3 rings (SSSR count). The molecule has 5 atom stereocenters. The summed E-state index contributed by atoms with van der Waals surface area (Å²) in [5, 5.41) is 0. The highest BCUT2D eigenvalue weighted by Gasteiger charge is 2.62. The summed E-state index contributed by atoms with van der Waals surface area (Å²) in [6.45, 7) is 7.78. The van der Waals surface area contributed by atoms with Gasteiger partial charge in [0.1, 0.15) is 0 Å². The summed E-state index contributed by atoms with van der Waals surface area (Å²) in [6.07, 6.45) is 7.93. The third kappa shape index (κ3) is 2.07. The molecule has 2 saturated carbocycles. The van der Waals surface area contributed by atoms with Crippen LogP contribution in [0.2, 0.25) is 0 Å². The summed E-state index contributed by atoms with van der Waals surface area (Å²) in [7, 11) is 1.54. The van der Waals surface area contributed by atoms with Gasteiger partial charge in [0.2, 0.25) is 0 Å². The summed E-state index contributed by atoms with van der Waals surface area (Å²) < 4.78 is 11.4. The van der Waals surface area contributed by atoms with Gasteiger partial charge in [-0.05, 0) is 69.6 Å². The Labute approximate surface area is 128 Å².